The predicted molar refractivity (Wildman–Crippen MR) is 78.8 cm³/mol. The Morgan fingerprint density at radius 1 is 1.52 bits per heavy atom. The van der Waals surface area contributed by atoms with E-state index in [0.29, 0.717) is 25.3 Å². The fourth-order valence-electron chi connectivity index (χ4n) is 2.47. The van der Waals surface area contributed by atoms with Crippen LogP contribution >= 0.6 is 0 Å². The van der Waals surface area contributed by atoms with Crippen LogP contribution in [0, 0.1) is 5.92 Å². The lowest BCUT2D eigenvalue weighted by atomic mass is 9.97. The van der Waals surface area contributed by atoms with Gasteiger partial charge in [0, 0.05) is 32.4 Å². The van der Waals surface area contributed by atoms with Crippen LogP contribution in [0.4, 0.5) is 0 Å². The zero-order chi connectivity index (χ0) is 15.2. The number of carbonyl (C=O) groups excluding carboxylic acids is 2. The summed E-state index contributed by atoms with van der Waals surface area (Å²) in [5.41, 5.74) is 0.476. The van der Waals surface area contributed by atoms with Gasteiger partial charge in [-0.15, -0.1) is 0 Å². The van der Waals surface area contributed by atoms with Crippen molar-refractivity contribution in [3.8, 4) is 0 Å². The Morgan fingerprint density at radius 3 is 3.00 bits per heavy atom. The summed E-state index contributed by atoms with van der Waals surface area (Å²) >= 11 is 0. The molecular formula is C14H23N5O2. The van der Waals surface area contributed by atoms with Crippen molar-refractivity contribution in [2.24, 2.45) is 5.92 Å². The van der Waals surface area contributed by atoms with E-state index in [1.807, 2.05) is 19.0 Å². The number of rotatable bonds is 5. The molecule has 2 amide bonds. The summed E-state index contributed by atoms with van der Waals surface area (Å²) < 4.78 is 0. The molecule has 0 radical (unpaired) electrons. The molecule has 0 bridgehead atoms. The molecule has 1 aromatic heterocycles. The van der Waals surface area contributed by atoms with Crippen molar-refractivity contribution in [2.45, 2.75) is 12.8 Å². The highest BCUT2D eigenvalue weighted by Gasteiger charge is 2.29. The SMILES string of the molecule is CN(C)CCNC(=O)[C@@H]1CCCN(C(=O)c2ccn[nH]2)C1. The second kappa shape index (κ2) is 7.21. The minimum atomic E-state index is -0.118. The number of carbonyl (C=O) groups is 2. The van der Waals surface area contributed by atoms with Crippen LogP contribution in [0.2, 0.25) is 0 Å². The number of nitrogens with zero attached hydrogens (tertiary/aromatic N) is 3. The number of amides is 2. The van der Waals surface area contributed by atoms with Gasteiger partial charge in [-0.2, -0.15) is 5.10 Å². The molecule has 2 heterocycles. The van der Waals surface area contributed by atoms with Crippen molar-refractivity contribution < 1.29 is 9.59 Å². The van der Waals surface area contributed by atoms with Crippen LogP contribution in [0.15, 0.2) is 12.3 Å². The Morgan fingerprint density at radius 2 is 2.33 bits per heavy atom. The van der Waals surface area contributed by atoms with Crippen LogP contribution in [-0.4, -0.2) is 72.1 Å². The van der Waals surface area contributed by atoms with Crippen molar-refractivity contribution in [3.63, 3.8) is 0 Å². The fourth-order valence-corrected chi connectivity index (χ4v) is 2.47. The molecule has 21 heavy (non-hydrogen) atoms. The number of hydrogen-bond donors (Lipinski definition) is 2. The van der Waals surface area contributed by atoms with Crippen LogP contribution < -0.4 is 5.32 Å². The molecule has 7 heteroatoms. The largest absolute Gasteiger partial charge is 0.355 e. The third-order valence-electron chi connectivity index (χ3n) is 3.67. The number of aromatic amines is 1. The first-order valence-corrected chi connectivity index (χ1v) is 7.29. The zero-order valence-corrected chi connectivity index (χ0v) is 12.6. The summed E-state index contributed by atoms with van der Waals surface area (Å²) in [6, 6.07) is 1.66. The highest BCUT2D eigenvalue weighted by atomic mass is 16.2. The number of aromatic nitrogens is 2. The van der Waals surface area contributed by atoms with Crippen molar-refractivity contribution in [3.05, 3.63) is 18.0 Å². The van der Waals surface area contributed by atoms with Gasteiger partial charge in [0.1, 0.15) is 5.69 Å². The smallest absolute Gasteiger partial charge is 0.271 e. The van der Waals surface area contributed by atoms with Gasteiger partial charge in [0.05, 0.1) is 5.92 Å². The van der Waals surface area contributed by atoms with Gasteiger partial charge < -0.3 is 15.1 Å². The molecule has 0 saturated carbocycles. The standard InChI is InChI=1S/C14H23N5O2/c1-18(2)9-7-15-13(20)11-4-3-8-19(10-11)14(21)12-5-6-16-17-12/h5-6,11H,3-4,7-10H2,1-2H3,(H,15,20)(H,16,17)/t11-/m1/s1. The van der Waals surface area contributed by atoms with E-state index < -0.39 is 0 Å². The highest BCUT2D eigenvalue weighted by molar-refractivity contribution is 5.92. The first-order chi connectivity index (χ1) is 10.1. The van der Waals surface area contributed by atoms with Crippen LogP contribution in [-0.2, 0) is 4.79 Å². The van der Waals surface area contributed by atoms with Gasteiger partial charge in [-0.25, -0.2) is 0 Å². The van der Waals surface area contributed by atoms with Gasteiger partial charge in [0.15, 0.2) is 0 Å². The molecule has 1 atom stereocenters. The third-order valence-corrected chi connectivity index (χ3v) is 3.67. The maximum absolute atomic E-state index is 12.2. The lowest BCUT2D eigenvalue weighted by Gasteiger charge is -2.31. The first kappa shape index (κ1) is 15.5. The minimum absolute atomic E-state index is 0.0407. The first-order valence-electron chi connectivity index (χ1n) is 7.29. The van der Waals surface area contributed by atoms with Gasteiger partial charge in [0.2, 0.25) is 5.91 Å². The normalized spacial score (nSPS) is 18.8. The highest BCUT2D eigenvalue weighted by Crippen LogP contribution is 2.18. The number of likely N-dealkylation sites (N-methyl/N-ethyl adjacent to an activating group) is 1. The molecule has 2 rings (SSSR count). The maximum Gasteiger partial charge on any atom is 0.271 e. The zero-order valence-electron chi connectivity index (χ0n) is 12.6. The van der Waals surface area contributed by atoms with Gasteiger partial charge >= 0.3 is 0 Å². The van der Waals surface area contributed by atoms with E-state index in [9.17, 15) is 9.59 Å². The Bertz CT molecular complexity index is 472. The summed E-state index contributed by atoms with van der Waals surface area (Å²) in [6.07, 6.45) is 3.24. The lowest BCUT2D eigenvalue weighted by molar-refractivity contribution is -0.126. The third kappa shape index (κ3) is 4.29. The summed E-state index contributed by atoms with van der Waals surface area (Å²) in [7, 11) is 3.94. The molecule has 2 N–H and O–H groups in total. The molecule has 116 valence electrons. The van der Waals surface area contributed by atoms with E-state index in [4.69, 9.17) is 0 Å². The lowest BCUT2D eigenvalue weighted by Crippen LogP contribution is -2.46. The van der Waals surface area contributed by atoms with E-state index in [1.54, 1.807) is 17.2 Å². The number of piperidine rings is 1. The van der Waals surface area contributed by atoms with Crippen LogP contribution in [0.5, 0.6) is 0 Å². The number of hydrogen-bond acceptors (Lipinski definition) is 4. The van der Waals surface area contributed by atoms with Crippen molar-refractivity contribution >= 4 is 11.8 Å². The Hall–Kier alpha value is -1.89. The molecule has 0 unspecified atom stereocenters. The summed E-state index contributed by atoms with van der Waals surface area (Å²) in [4.78, 5) is 28.1. The van der Waals surface area contributed by atoms with E-state index in [2.05, 4.69) is 15.5 Å². The molecule has 1 aromatic rings. The van der Waals surface area contributed by atoms with Gasteiger partial charge in [-0.3, -0.25) is 14.7 Å². The van der Waals surface area contributed by atoms with E-state index in [1.165, 1.54) is 0 Å². The molecular weight excluding hydrogens is 270 g/mol. The molecule has 0 spiro atoms. The van der Waals surface area contributed by atoms with Crippen molar-refractivity contribution in [2.75, 3.05) is 40.3 Å². The fraction of sp³-hybridized carbons (Fsp3) is 0.643. The maximum atomic E-state index is 12.2. The molecule has 1 aliphatic rings. The molecule has 1 saturated heterocycles. The molecule has 1 fully saturated rings. The van der Waals surface area contributed by atoms with Crippen molar-refractivity contribution in [1.82, 2.24) is 25.3 Å². The van der Waals surface area contributed by atoms with E-state index >= 15 is 0 Å². The topological polar surface area (TPSA) is 81.3 Å². The van der Waals surface area contributed by atoms with Crippen molar-refractivity contribution in [1.29, 1.82) is 0 Å². The number of H-pyrrole nitrogens is 1. The Balaban J connectivity index is 1.85. The predicted octanol–water partition coefficient (Wildman–Crippen LogP) is -0.0603. The summed E-state index contributed by atoms with van der Waals surface area (Å²) in [6.45, 7) is 2.62. The van der Waals surface area contributed by atoms with Crippen LogP contribution in [0.25, 0.3) is 0 Å². The van der Waals surface area contributed by atoms with Gasteiger partial charge in [0.25, 0.3) is 5.91 Å². The van der Waals surface area contributed by atoms with Gasteiger partial charge in [-0.05, 0) is 33.0 Å². The molecule has 1 aliphatic heterocycles. The second-order valence-corrected chi connectivity index (χ2v) is 5.65. The van der Waals surface area contributed by atoms with Crippen LogP contribution in [0.1, 0.15) is 23.3 Å². The van der Waals surface area contributed by atoms with E-state index in [0.717, 1.165) is 19.4 Å². The second-order valence-electron chi connectivity index (χ2n) is 5.65. The molecule has 0 aliphatic carbocycles. The van der Waals surface area contributed by atoms with Crippen LogP contribution in [0.3, 0.4) is 0 Å². The number of nitrogens with one attached hydrogen (secondary N) is 2. The minimum Gasteiger partial charge on any atom is -0.355 e. The quantitative estimate of drug-likeness (QED) is 0.797. The monoisotopic (exact) mass is 293 g/mol. The van der Waals surface area contributed by atoms with Gasteiger partial charge in [-0.1, -0.05) is 0 Å². The number of likely N-dealkylation sites (tertiary alicyclic amines) is 1. The Labute approximate surface area is 124 Å². The van der Waals surface area contributed by atoms with E-state index in [-0.39, 0.29) is 17.7 Å². The molecule has 7 nitrogen and oxygen atoms in total. The summed E-state index contributed by atoms with van der Waals surface area (Å²) in [5, 5.41) is 9.41. The summed E-state index contributed by atoms with van der Waals surface area (Å²) in [5.74, 6) is -0.162. The average molecular weight is 293 g/mol. The molecule has 0 aromatic carbocycles. The average Bonchev–Trinajstić information content (AvgIpc) is 3.00. The Kier molecular flexibility index (Phi) is 5.32.